The summed E-state index contributed by atoms with van der Waals surface area (Å²) >= 11 is 0. The average Bonchev–Trinajstić information content (AvgIpc) is 3.08. The van der Waals surface area contributed by atoms with Gasteiger partial charge in [0.25, 0.3) is 0 Å². The van der Waals surface area contributed by atoms with Crippen LogP contribution in [-0.2, 0) is 13.5 Å². The van der Waals surface area contributed by atoms with Crippen LogP contribution in [0.2, 0.25) is 0 Å². The molecule has 0 radical (unpaired) electrons. The summed E-state index contributed by atoms with van der Waals surface area (Å²) < 4.78 is 2.04. The third-order valence-corrected chi connectivity index (χ3v) is 5.26. The molecule has 2 rings (SSSR count). The van der Waals surface area contributed by atoms with Crippen LogP contribution >= 0.6 is 0 Å². The van der Waals surface area contributed by atoms with Crippen LogP contribution in [0.3, 0.4) is 0 Å². The van der Waals surface area contributed by atoms with Gasteiger partial charge in [-0.2, -0.15) is 5.10 Å². The zero-order chi connectivity index (χ0) is 15.5. The first-order valence-corrected chi connectivity index (χ1v) is 8.49. The van der Waals surface area contributed by atoms with Crippen LogP contribution in [0.15, 0.2) is 6.07 Å². The van der Waals surface area contributed by atoms with Crippen LogP contribution in [0.4, 0.5) is 0 Å². The second-order valence-electron chi connectivity index (χ2n) is 6.62. The summed E-state index contributed by atoms with van der Waals surface area (Å²) in [6.45, 7) is 12.6. The van der Waals surface area contributed by atoms with Gasteiger partial charge in [-0.3, -0.25) is 9.58 Å². The summed E-state index contributed by atoms with van der Waals surface area (Å²) in [7, 11) is 2.06. The highest BCUT2D eigenvalue weighted by atomic mass is 15.3. The Kier molecular flexibility index (Phi) is 5.44. The average molecular weight is 292 g/mol. The molecule has 1 aliphatic rings. The van der Waals surface area contributed by atoms with Gasteiger partial charge in [-0.25, -0.2) is 0 Å². The van der Waals surface area contributed by atoms with Gasteiger partial charge in [0.15, 0.2) is 0 Å². The minimum Gasteiger partial charge on any atom is -0.312 e. The molecule has 2 unspecified atom stereocenters. The number of aromatic nitrogens is 2. The molecule has 0 bridgehead atoms. The summed E-state index contributed by atoms with van der Waals surface area (Å²) in [6, 6.07) is 2.70. The van der Waals surface area contributed by atoms with E-state index in [4.69, 9.17) is 0 Å². The van der Waals surface area contributed by atoms with Crippen molar-refractivity contribution in [2.75, 3.05) is 19.6 Å². The molecule has 1 fully saturated rings. The molecule has 1 aromatic heterocycles. The van der Waals surface area contributed by atoms with Crippen LogP contribution < -0.4 is 5.32 Å². The second kappa shape index (κ2) is 6.93. The van der Waals surface area contributed by atoms with Crippen LogP contribution in [-0.4, -0.2) is 45.9 Å². The molecular weight excluding hydrogens is 260 g/mol. The molecule has 1 saturated heterocycles. The predicted octanol–water partition coefficient (Wildman–Crippen LogP) is 2.51. The Bertz CT molecular complexity index is 448. The minimum absolute atomic E-state index is 0.227. The molecule has 2 heterocycles. The topological polar surface area (TPSA) is 33.1 Å². The molecule has 4 nitrogen and oxygen atoms in total. The van der Waals surface area contributed by atoms with Crippen molar-refractivity contribution in [3.63, 3.8) is 0 Å². The van der Waals surface area contributed by atoms with Crippen LogP contribution in [0, 0.1) is 6.92 Å². The molecule has 0 spiro atoms. The van der Waals surface area contributed by atoms with Crippen molar-refractivity contribution >= 4 is 0 Å². The SMILES string of the molecule is CCNC(Cc1cc(C)nn1C)C(C)(CC)N1CCCC1. The monoisotopic (exact) mass is 292 g/mol. The molecule has 1 aliphatic heterocycles. The van der Waals surface area contributed by atoms with E-state index < -0.39 is 0 Å². The zero-order valence-electron chi connectivity index (χ0n) is 14.4. The van der Waals surface area contributed by atoms with Gasteiger partial charge in [-0.1, -0.05) is 13.8 Å². The standard InChI is InChI=1S/C17H32N4/c1-6-17(4,21-10-8-9-11-21)16(18-7-2)13-15-12-14(3)19-20(15)5/h12,16,18H,6-11,13H2,1-5H3. The fourth-order valence-corrected chi connectivity index (χ4v) is 3.74. The third-order valence-electron chi connectivity index (χ3n) is 5.26. The molecule has 0 amide bonds. The maximum absolute atomic E-state index is 4.50. The smallest absolute Gasteiger partial charge is 0.0596 e. The number of nitrogens with zero attached hydrogens (tertiary/aromatic N) is 3. The van der Waals surface area contributed by atoms with Crippen LogP contribution in [0.5, 0.6) is 0 Å². The van der Waals surface area contributed by atoms with Gasteiger partial charge < -0.3 is 5.32 Å². The molecule has 21 heavy (non-hydrogen) atoms. The second-order valence-corrected chi connectivity index (χ2v) is 6.62. The third kappa shape index (κ3) is 3.49. The number of aryl methyl sites for hydroxylation is 2. The fourth-order valence-electron chi connectivity index (χ4n) is 3.74. The van der Waals surface area contributed by atoms with Crippen molar-refractivity contribution in [1.82, 2.24) is 20.0 Å². The van der Waals surface area contributed by atoms with Crippen molar-refractivity contribution in [3.05, 3.63) is 17.5 Å². The molecule has 1 aromatic rings. The minimum atomic E-state index is 0.227. The van der Waals surface area contributed by atoms with Gasteiger partial charge in [0.2, 0.25) is 0 Å². The molecule has 0 aliphatic carbocycles. The van der Waals surface area contributed by atoms with Gasteiger partial charge in [-0.15, -0.1) is 0 Å². The molecule has 4 heteroatoms. The Hall–Kier alpha value is -0.870. The normalized spacial score (nSPS) is 20.6. The lowest BCUT2D eigenvalue weighted by atomic mass is 9.84. The first-order valence-electron chi connectivity index (χ1n) is 8.49. The fraction of sp³-hybridized carbons (Fsp3) is 0.824. The summed E-state index contributed by atoms with van der Waals surface area (Å²) in [5.41, 5.74) is 2.67. The number of nitrogens with one attached hydrogen (secondary N) is 1. The maximum atomic E-state index is 4.50. The summed E-state index contributed by atoms with van der Waals surface area (Å²) in [5.74, 6) is 0. The largest absolute Gasteiger partial charge is 0.312 e. The van der Waals surface area contributed by atoms with E-state index in [1.165, 1.54) is 38.0 Å². The lowest BCUT2D eigenvalue weighted by Gasteiger charge is -2.45. The Balaban J connectivity index is 2.21. The highest BCUT2D eigenvalue weighted by molar-refractivity contribution is 5.13. The number of rotatable bonds is 7. The zero-order valence-corrected chi connectivity index (χ0v) is 14.4. The van der Waals surface area contributed by atoms with E-state index in [1.807, 2.05) is 4.68 Å². The Morgan fingerprint density at radius 3 is 2.48 bits per heavy atom. The predicted molar refractivity (Wildman–Crippen MR) is 88.6 cm³/mol. The molecule has 120 valence electrons. The van der Waals surface area contributed by atoms with E-state index in [0.29, 0.717) is 6.04 Å². The highest BCUT2D eigenvalue weighted by Gasteiger charge is 2.39. The molecule has 0 saturated carbocycles. The Labute approximate surface area is 129 Å². The lowest BCUT2D eigenvalue weighted by molar-refractivity contribution is 0.0839. The quantitative estimate of drug-likeness (QED) is 0.838. The van der Waals surface area contributed by atoms with Crippen LogP contribution in [0.1, 0.15) is 51.4 Å². The van der Waals surface area contributed by atoms with E-state index in [0.717, 1.165) is 18.7 Å². The van der Waals surface area contributed by atoms with E-state index in [1.54, 1.807) is 0 Å². The van der Waals surface area contributed by atoms with E-state index in [9.17, 15) is 0 Å². The lowest BCUT2D eigenvalue weighted by Crippen LogP contribution is -2.59. The Morgan fingerprint density at radius 2 is 2.00 bits per heavy atom. The van der Waals surface area contributed by atoms with Crippen molar-refractivity contribution in [3.8, 4) is 0 Å². The van der Waals surface area contributed by atoms with Gasteiger partial charge >= 0.3 is 0 Å². The van der Waals surface area contributed by atoms with Crippen molar-refractivity contribution in [1.29, 1.82) is 0 Å². The van der Waals surface area contributed by atoms with E-state index in [2.05, 4.69) is 56.1 Å². The van der Waals surface area contributed by atoms with Crippen molar-refractivity contribution in [2.24, 2.45) is 7.05 Å². The van der Waals surface area contributed by atoms with Crippen molar-refractivity contribution < 1.29 is 0 Å². The van der Waals surface area contributed by atoms with Crippen LogP contribution in [0.25, 0.3) is 0 Å². The molecular formula is C17H32N4. The van der Waals surface area contributed by atoms with Crippen molar-refractivity contribution in [2.45, 2.75) is 65.0 Å². The first-order chi connectivity index (χ1) is 10.0. The van der Waals surface area contributed by atoms with Gasteiger partial charge in [0.1, 0.15) is 0 Å². The molecule has 0 aromatic carbocycles. The maximum Gasteiger partial charge on any atom is 0.0596 e. The number of hydrogen-bond acceptors (Lipinski definition) is 3. The summed E-state index contributed by atoms with van der Waals surface area (Å²) in [5, 5.41) is 8.26. The van der Waals surface area contributed by atoms with E-state index in [-0.39, 0.29) is 5.54 Å². The number of likely N-dealkylation sites (tertiary alicyclic amines) is 1. The number of likely N-dealkylation sites (N-methyl/N-ethyl adjacent to an activating group) is 1. The summed E-state index contributed by atoms with van der Waals surface area (Å²) in [6.07, 6.45) is 4.92. The van der Waals surface area contributed by atoms with Gasteiger partial charge in [0.05, 0.1) is 5.69 Å². The van der Waals surface area contributed by atoms with Gasteiger partial charge in [-0.05, 0) is 58.8 Å². The first kappa shape index (κ1) is 16.5. The number of hydrogen-bond donors (Lipinski definition) is 1. The molecule has 1 N–H and O–H groups in total. The molecule has 2 atom stereocenters. The van der Waals surface area contributed by atoms with Gasteiger partial charge in [0, 0.05) is 30.7 Å². The van der Waals surface area contributed by atoms with E-state index >= 15 is 0 Å². The highest BCUT2D eigenvalue weighted by Crippen LogP contribution is 2.29. The summed E-state index contributed by atoms with van der Waals surface area (Å²) in [4.78, 5) is 2.70. The Morgan fingerprint density at radius 1 is 1.33 bits per heavy atom.